The smallest absolute Gasteiger partial charge is 0.0380 e. The van der Waals surface area contributed by atoms with Crippen LogP contribution >= 0.6 is 0 Å². The minimum Gasteiger partial charge on any atom is -0.0882 e. The zero-order chi connectivity index (χ0) is 41.1. The zero-order valence-corrected chi connectivity index (χ0v) is 39.3. The second kappa shape index (κ2) is 42.8. The SMILES string of the molecule is CCCC=CC(CCCCCCC)C(C=CCCCC)(C=CCCCCC)C(C=CCCCCCC)=C(C=CCCCCCCC)C=CCCCCCCCC. The maximum Gasteiger partial charge on any atom is 0.0380 e. The molecule has 0 aromatic rings. The summed E-state index contributed by atoms with van der Waals surface area (Å²) >= 11 is 0. The van der Waals surface area contributed by atoms with E-state index in [1.807, 2.05) is 0 Å². The minimum absolute atomic E-state index is 0.180. The average molecular weight is 773 g/mol. The van der Waals surface area contributed by atoms with Gasteiger partial charge in [0.15, 0.2) is 0 Å². The van der Waals surface area contributed by atoms with Gasteiger partial charge in [0.05, 0.1) is 0 Å². The van der Waals surface area contributed by atoms with Crippen molar-refractivity contribution in [2.24, 2.45) is 11.3 Å². The van der Waals surface area contributed by atoms with Gasteiger partial charge in [0, 0.05) is 5.41 Å². The van der Waals surface area contributed by atoms with Crippen LogP contribution in [0, 0.1) is 11.3 Å². The molecule has 0 aromatic heterocycles. The Morgan fingerprint density at radius 2 is 0.714 bits per heavy atom. The Morgan fingerprint density at radius 1 is 0.339 bits per heavy atom. The fourth-order valence-corrected chi connectivity index (χ4v) is 7.91. The van der Waals surface area contributed by atoms with E-state index in [2.05, 4.69) is 121 Å². The van der Waals surface area contributed by atoms with E-state index in [1.165, 1.54) is 210 Å². The topological polar surface area (TPSA) is 0 Å². The molecule has 0 heterocycles. The molecule has 0 rings (SSSR count). The van der Waals surface area contributed by atoms with Gasteiger partial charge in [0.2, 0.25) is 0 Å². The molecule has 56 heavy (non-hydrogen) atoms. The first-order chi connectivity index (χ1) is 27.6. The summed E-state index contributed by atoms with van der Waals surface area (Å²) in [6.07, 6.45) is 73.8. The van der Waals surface area contributed by atoms with Crippen molar-refractivity contribution in [1.82, 2.24) is 0 Å². The van der Waals surface area contributed by atoms with Gasteiger partial charge in [0.25, 0.3) is 0 Å². The molecule has 0 bridgehead atoms. The van der Waals surface area contributed by atoms with Crippen molar-refractivity contribution in [3.63, 3.8) is 0 Å². The van der Waals surface area contributed by atoms with Crippen LogP contribution in [0.4, 0.5) is 0 Å². The van der Waals surface area contributed by atoms with E-state index in [0.29, 0.717) is 5.92 Å². The lowest BCUT2D eigenvalue weighted by atomic mass is 9.65. The first kappa shape index (κ1) is 54.2. The van der Waals surface area contributed by atoms with Crippen LogP contribution in [0.5, 0.6) is 0 Å². The highest BCUT2D eigenvalue weighted by molar-refractivity contribution is 5.50. The van der Waals surface area contributed by atoms with Crippen molar-refractivity contribution in [3.8, 4) is 0 Å². The Hall–Kier alpha value is -1.82. The van der Waals surface area contributed by atoms with E-state index in [1.54, 1.807) is 0 Å². The Labute approximate surface area is 354 Å². The number of unbranched alkanes of at least 4 members (excludes halogenated alkanes) is 25. The van der Waals surface area contributed by atoms with Crippen molar-refractivity contribution in [1.29, 1.82) is 0 Å². The number of allylic oxidation sites excluding steroid dienone is 14. The Bertz CT molecular complexity index is 1030. The lowest BCUT2D eigenvalue weighted by Gasteiger charge is -2.38. The Morgan fingerprint density at radius 3 is 1.21 bits per heavy atom. The molecule has 0 nitrogen and oxygen atoms in total. The molecule has 0 saturated heterocycles. The standard InChI is InChI=1S/C56H100/c1-8-15-22-28-31-33-36-41-47-53(46-40-35-32-29-23-16-9-2)55(50-43-37-30-24-17-10-3)56(51-44-27-20-13-6,52-45-38-26-19-12-5)54(48-39-21-14-7)49-42-34-25-18-11-4/h39-41,43-48,50-52,54H,8-38,42,49H2,1-7H3. The van der Waals surface area contributed by atoms with Crippen LogP contribution in [0.1, 0.15) is 260 Å². The van der Waals surface area contributed by atoms with Gasteiger partial charge in [-0.2, -0.15) is 0 Å². The molecule has 0 aliphatic rings. The van der Waals surface area contributed by atoms with E-state index in [9.17, 15) is 0 Å². The maximum absolute atomic E-state index is 2.72. The second-order valence-electron chi connectivity index (χ2n) is 17.1. The summed E-state index contributed by atoms with van der Waals surface area (Å²) < 4.78 is 0. The van der Waals surface area contributed by atoms with Crippen LogP contribution in [-0.2, 0) is 0 Å². The van der Waals surface area contributed by atoms with E-state index < -0.39 is 0 Å². The van der Waals surface area contributed by atoms with Crippen molar-refractivity contribution < 1.29 is 0 Å². The third-order valence-electron chi connectivity index (χ3n) is 11.6. The predicted octanol–water partition coefficient (Wildman–Crippen LogP) is 20.2. The highest BCUT2D eigenvalue weighted by atomic mass is 14.4. The molecule has 2 unspecified atom stereocenters. The second-order valence-corrected chi connectivity index (χ2v) is 17.1. The monoisotopic (exact) mass is 773 g/mol. The van der Waals surface area contributed by atoms with Gasteiger partial charge < -0.3 is 0 Å². The number of rotatable bonds is 41. The van der Waals surface area contributed by atoms with Gasteiger partial charge in [-0.15, -0.1) is 0 Å². The molecule has 0 aliphatic heterocycles. The van der Waals surface area contributed by atoms with E-state index in [0.717, 1.165) is 12.8 Å². The quantitative estimate of drug-likeness (QED) is 0.0330. The molecule has 0 heteroatoms. The molecular formula is C56H100. The molecule has 0 aromatic carbocycles. The molecule has 0 saturated carbocycles. The van der Waals surface area contributed by atoms with Gasteiger partial charge in [-0.1, -0.05) is 263 Å². The predicted molar refractivity (Wildman–Crippen MR) is 260 cm³/mol. The zero-order valence-electron chi connectivity index (χ0n) is 39.3. The Kier molecular flexibility index (Phi) is 41.4. The molecular weight excluding hydrogens is 673 g/mol. The Balaban J connectivity index is 7.75. The lowest BCUT2D eigenvalue weighted by molar-refractivity contribution is 0.379. The van der Waals surface area contributed by atoms with Gasteiger partial charge in [-0.3, -0.25) is 0 Å². The van der Waals surface area contributed by atoms with E-state index in [4.69, 9.17) is 0 Å². The molecule has 0 aliphatic carbocycles. The summed E-state index contributed by atoms with van der Waals surface area (Å²) in [5, 5.41) is 0. The number of hydrogen-bond donors (Lipinski definition) is 0. The van der Waals surface area contributed by atoms with Crippen molar-refractivity contribution >= 4 is 0 Å². The van der Waals surface area contributed by atoms with Crippen molar-refractivity contribution in [2.45, 2.75) is 260 Å². The largest absolute Gasteiger partial charge is 0.0882 e. The van der Waals surface area contributed by atoms with E-state index in [-0.39, 0.29) is 5.41 Å². The molecule has 2 atom stereocenters. The third-order valence-corrected chi connectivity index (χ3v) is 11.6. The van der Waals surface area contributed by atoms with Crippen LogP contribution in [0.3, 0.4) is 0 Å². The van der Waals surface area contributed by atoms with Crippen molar-refractivity contribution in [3.05, 3.63) is 84.1 Å². The summed E-state index contributed by atoms with van der Waals surface area (Å²) in [4.78, 5) is 0. The maximum atomic E-state index is 2.72. The first-order valence-corrected chi connectivity index (χ1v) is 25.4. The van der Waals surface area contributed by atoms with Crippen LogP contribution in [0.15, 0.2) is 84.1 Å². The van der Waals surface area contributed by atoms with Crippen LogP contribution in [-0.4, -0.2) is 0 Å². The molecule has 0 spiro atoms. The van der Waals surface area contributed by atoms with Crippen LogP contribution in [0.2, 0.25) is 0 Å². The molecule has 0 N–H and O–H groups in total. The fraction of sp³-hybridized carbons (Fsp3) is 0.750. The van der Waals surface area contributed by atoms with Gasteiger partial charge >= 0.3 is 0 Å². The average Bonchev–Trinajstić information content (AvgIpc) is 3.21. The lowest BCUT2D eigenvalue weighted by Crippen LogP contribution is -2.29. The third kappa shape index (κ3) is 29.4. The van der Waals surface area contributed by atoms with Gasteiger partial charge in [-0.05, 0) is 87.7 Å². The summed E-state index contributed by atoms with van der Waals surface area (Å²) in [5.74, 6) is 0.431. The molecule has 0 radical (unpaired) electrons. The minimum atomic E-state index is -0.180. The summed E-state index contributed by atoms with van der Waals surface area (Å²) in [5.41, 5.74) is 2.81. The van der Waals surface area contributed by atoms with E-state index >= 15 is 0 Å². The highest BCUT2D eigenvalue weighted by Crippen LogP contribution is 2.46. The molecule has 324 valence electrons. The van der Waals surface area contributed by atoms with Gasteiger partial charge in [0.1, 0.15) is 0 Å². The summed E-state index contributed by atoms with van der Waals surface area (Å²) in [6, 6.07) is 0. The summed E-state index contributed by atoms with van der Waals surface area (Å²) in [6.45, 7) is 16.3. The highest BCUT2D eigenvalue weighted by Gasteiger charge is 2.36. The molecule has 0 amide bonds. The first-order valence-electron chi connectivity index (χ1n) is 25.4. The van der Waals surface area contributed by atoms with Gasteiger partial charge in [-0.25, -0.2) is 0 Å². The van der Waals surface area contributed by atoms with Crippen LogP contribution < -0.4 is 0 Å². The normalized spacial score (nSPS) is 14.8. The summed E-state index contributed by atoms with van der Waals surface area (Å²) in [7, 11) is 0. The van der Waals surface area contributed by atoms with Crippen molar-refractivity contribution in [2.75, 3.05) is 0 Å². The number of hydrogen-bond acceptors (Lipinski definition) is 0. The fourth-order valence-electron chi connectivity index (χ4n) is 7.91. The molecule has 0 fully saturated rings. The van der Waals surface area contributed by atoms with Crippen LogP contribution in [0.25, 0.3) is 0 Å².